The molecule has 0 amide bonds. The maximum absolute atomic E-state index is 13.7. The fourth-order valence-corrected chi connectivity index (χ4v) is 5.63. The number of carbonyl (C=O) groups excluding carboxylic acids is 1. The Morgan fingerprint density at radius 1 is 0.970 bits per heavy atom. The average molecular weight is 460 g/mol. The molecule has 1 heterocycles. The largest absolute Gasteiger partial charge is 0.497 e. The van der Waals surface area contributed by atoms with Crippen molar-refractivity contribution in [1.29, 1.82) is 5.26 Å². The molecule has 0 saturated heterocycles. The van der Waals surface area contributed by atoms with E-state index in [1.807, 2.05) is 6.07 Å². The molecule has 3 aromatic carbocycles. The quantitative estimate of drug-likeness (QED) is 0.565. The van der Waals surface area contributed by atoms with Crippen molar-refractivity contribution in [2.45, 2.75) is 16.9 Å². The van der Waals surface area contributed by atoms with Gasteiger partial charge in [-0.2, -0.15) is 5.26 Å². The molecule has 0 saturated carbocycles. The summed E-state index contributed by atoms with van der Waals surface area (Å²) in [6.07, 6.45) is 0. The number of carbonyl (C=O) groups is 1. The maximum Gasteiger partial charge on any atom is 0.266 e. The van der Waals surface area contributed by atoms with Gasteiger partial charge in [0, 0.05) is 5.56 Å². The number of nitriles is 1. The SMILES string of the molecule is COc1ccc(C2C(C#N)=C(N)N(S(=O)(=O)c3ccccc3)C2C(=O)c2ccccc2)cc1. The van der Waals surface area contributed by atoms with Gasteiger partial charge >= 0.3 is 0 Å². The third-order valence-electron chi connectivity index (χ3n) is 5.62. The number of nitrogens with zero attached hydrogens (tertiary/aromatic N) is 2. The van der Waals surface area contributed by atoms with Gasteiger partial charge in [0.25, 0.3) is 10.0 Å². The summed E-state index contributed by atoms with van der Waals surface area (Å²) in [4.78, 5) is 13.7. The molecule has 0 radical (unpaired) electrons. The molecule has 33 heavy (non-hydrogen) atoms. The van der Waals surface area contributed by atoms with Crippen molar-refractivity contribution >= 4 is 15.8 Å². The number of ether oxygens (including phenoxy) is 1. The van der Waals surface area contributed by atoms with Crippen LogP contribution in [0.4, 0.5) is 0 Å². The van der Waals surface area contributed by atoms with Gasteiger partial charge in [0.1, 0.15) is 17.6 Å². The molecule has 0 aromatic heterocycles. The first-order valence-electron chi connectivity index (χ1n) is 10.1. The molecule has 8 heteroatoms. The van der Waals surface area contributed by atoms with Crippen LogP contribution in [0.2, 0.25) is 0 Å². The lowest BCUT2D eigenvalue weighted by atomic mass is 9.84. The number of ketones is 1. The van der Waals surface area contributed by atoms with Crippen molar-refractivity contribution in [1.82, 2.24) is 4.31 Å². The molecule has 0 bridgehead atoms. The Labute approximate surface area is 192 Å². The van der Waals surface area contributed by atoms with Gasteiger partial charge in [-0.15, -0.1) is 0 Å². The second-order valence-corrected chi connectivity index (χ2v) is 9.27. The number of hydrogen-bond acceptors (Lipinski definition) is 6. The Balaban J connectivity index is 1.93. The van der Waals surface area contributed by atoms with Gasteiger partial charge in [-0.3, -0.25) is 4.79 Å². The van der Waals surface area contributed by atoms with E-state index in [4.69, 9.17) is 10.5 Å². The number of nitrogens with two attached hydrogens (primary N) is 1. The summed E-state index contributed by atoms with van der Waals surface area (Å²) in [6, 6.07) is 23.7. The van der Waals surface area contributed by atoms with Crippen LogP contribution in [-0.2, 0) is 10.0 Å². The van der Waals surface area contributed by atoms with E-state index in [0.717, 1.165) is 4.31 Å². The minimum Gasteiger partial charge on any atom is -0.497 e. The molecule has 0 spiro atoms. The predicted molar refractivity (Wildman–Crippen MR) is 123 cm³/mol. The van der Waals surface area contributed by atoms with E-state index in [2.05, 4.69) is 0 Å². The highest BCUT2D eigenvalue weighted by atomic mass is 32.2. The summed E-state index contributed by atoms with van der Waals surface area (Å²) < 4.78 is 33.4. The van der Waals surface area contributed by atoms with Crippen LogP contribution in [0.1, 0.15) is 21.8 Å². The highest BCUT2D eigenvalue weighted by Crippen LogP contribution is 2.43. The molecule has 1 aliphatic rings. The van der Waals surface area contributed by atoms with Gasteiger partial charge in [0.15, 0.2) is 5.78 Å². The van der Waals surface area contributed by atoms with Gasteiger partial charge in [0.05, 0.1) is 29.6 Å². The van der Waals surface area contributed by atoms with Gasteiger partial charge in [-0.25, -0.2) is 12.7 Å². The van der Waals surface area contributed by atoms with Gasteiger partial charge in [-0.05, 0) is 29.8 Å². The number of benzene rings is 3. The predicted octanol–water partition coefficient (Wildman–Crippen LogP) is 3.43. The zero-order chi connectivity index (χ0) is 23.6. The van der Waals surface area contributed by atoms with Crippen LogP contribution >= 0.6 is 0 Å². The van der Waals surface area contributed by atoms with Crippen LogP contribution in [0.25, 0.3) is 0 Å². The molecule has 0 fully saturated rings. The van der Waals surface area contributed by atoms with E-state index in [9.17, 15) is 18.5 Å². The smallest absolute Gasteiger partial charge is 0.266 e. The summed E-state index contributed by atoms with van der Waals surface area (Å²) >= 11 is 0. The third-order valence-corrected chi connectivity index (χ3v) is 7.42. The topological polar surface area (TPSA) is 113 Å². The van der Waals surface area contributed by atoms with Crippen molar-refractivity contribution in [3.8, 4) is 11.8 Å². The second-order valence-electron chi connectivity index (χ2n) is 7.45. The fourth-order valence-electron chi connectivity index (χ4n) is 4.02. The third kappa shape index (κ3) is 3.83. The number of methoxy groups -OCH3 is 1. The molecular formula is C25H21N3O4S. The van der Waals surface area contributed by atoms with Crippen molar-refractivity contribution in [2.24, 2.45) is 5.73 Å². The van der Waals surface area contributed by atoms with Crippen LogP contribution in [0.5, 0.6) is 5.75 Å². The van der Waals surface area contributed by atoms with Crippen molar-refractivity contribution in [2.75, 3.05) is 7.11 Å². The summed E-state index contributed by atoms with van der Waals surface area (Å²) in [7, 11) is -2.71. The summed E-state index contributed by atoms with van der Waals surface area (Å²) in [5.74, 6) is -1.00. The molecule has 7 nitrogen and oxygen atoms in total. The maximum atomic E-state index is 13.7. The Hall–Kier alpha value is -4.09. The molecule has 0 aliphatic carbocycles. The first-order chi connectivity index (χ1) is 15.9. The summed E-state index contributed by atoms with van der Waals surface area (Å²) in [6.45, 7) is 0. The molecule has 2 atom stereocenters. The van der Waals surface area contributed by atoms with Crippen molar-refractivity contribution in [3.63, 3.8) is 0 Å². The minimum absolute atomic E-state index is 0.0218. The van der Waals surface area contributed by atoms with Crippen molar-refractivity contribution in [3.05, 3.63) is 107 Å². The van der Waals surface area contributed by atoms with E-state index < -0.39 is 27.8 Å². The number of sulfonamides is 1. The van der Waals surface area contributed by atoms with Crippen molar-refractivity contribution < 1.29 is 17.9 Å². The lowest BCUT2D eigenvalue weighted by molar-refractivity contribution is 0.0910. The fraction of sp³-hybridized carbons (Fsp3) is 0.120. The van der Waals surface area contributed by atoms with Crippen LogP contribution in [0.3, 0.4) is 0 Å². The molecular weight excluding hydrogens is 438 g/mol. The van der Waals surface area contributed by atoms with Gasteiger partial charge < -0.3 is 10.5 Å². The monoisotopic (exact) mass is 459 g/mol. The summed E-state index contributed by atoms with van der Waals surface area (Å²) in [5, 5.41) is 9.95. The lowest BCUT2D eigenvalue weighted by Crippen LogP contribution is -2.45. The normalized spacial score (nSPS) is 18.1. The van der Waals surface area contributed by atoms with E-state index in [1.54, 1.807) is 72.8 Å². The summed E-state index contributed by atoms with van der Waals surface area (Å²) in [5.41, 5.74) is 7.20. The molecule has 3 aromatic rings. The molecule has 2 N–H and O–H groups in total. The van der Waals surface area contributed by atoms with E-state index in [0.29, 0.717) is 16.9 Å². The second kappa shape index (κ2) is 8.81. The lowest BCUT2D eigenvalue weighted by Gasteiger charge is -2.29. The zero-order valence-corrected chi connectivity index (χ0v) is 18.6. The van der Waals surface area contributed by atoms with Crippen LogP contribution in [0.15, 0.2) is 101 Å². The minimum atomic E-state index is -4.23. The first kappa shape index (κ1) is 22.1. The number of hydrogen-bond donors (Lipinski definition) is 1. The number of Topliss-reactive ketones (excluding diaryl/α,β-unsaturated/α-hetero) is 1. The van der Waals surface area contributed by atoms with Crippen LogP contribution in [-0.4, -0.2) is 31.7 Å². The number of rotatable bonds is 6. The van der Waals surface area contributed by atoms with Gasteiger partial charge in [-0.1, -0.05) is 60.7 Å². The molecule has 1 aliphatic heterocycles. The van der Waals surface area contributed by atoms with Gasteiger partial charge in [0.2, 0.25) is 0 Å². The zero-order valence-electron chi connectivity index (χ0n) is 17.8. The van der Waals surface area contributed by atoms with Crippen LogP contribution < -0.4 is 10.5 Å². The van der Waals surface area contributed by atoms with E-state index >= 15 is 0 Å². The van der Waals surface area contributed by atoms with E-state index in [-0.39, 0.29) is 16.3 Å². The Bertz CT molecular complexity index is 1350. The molecule has 4 rings (SSSR count). The van der Waals surface area contributed by atoms with E-state index in [1.165, 1.54) is 19.2 Å². The highest BCUT2D eigenvalue weighted by molar-refractivity contribution is 7.89. The standard InChI is InChI=1S/C25H21N3O4S/c1-32-19-14-12-17(13-15-19)22-21(16-26)25(27)28(33(30,31)20-10-6-3-7-11-20)23(22)24(29)18-8-4-2-5-9-18/h2-15,22-23H,27H2,1H3. The average Bonchev–Trinajstić information content (AvgIpc) is 3.17. The first-order valence-corrected chi connectivity index (χ1v) is 11.6. The molecule has 2 unspecified atom stereocenters. The Morgan fingerprint density at radius 3 is 2.09 bits per heavy atom. The Morgan fingerprint density at radius 2 is 1.55 bits per heavy atom. The molecule has 166 valence electrons. The highest BCUT2D eigenvalue weighted by Gasteiger charge is 2.50. The Kier molecular flexibility index (Phi) is 5.90. The van der Waals surface area contributed by atoms with Crippen LogP contribution in [0, 0.1) is 11.3 Å².